The van der Waals surface area contributed by atoms with E-state index in [2.05, 4.69) is 18.9 Å². The Labute approximate surface area is 186 Å². The minimum Gasteiger partial charge on any atom is -0.428 e. The van der Waals surface area contributed by atoms with Crippen LogP contribution in [0.25, 0.3) is 0 Å². The van der Waals surface area contributed by atoms with Crippen molar-refractivity contribution in [3.8, 4) is 0 Å². The second kappa shape index (κ2) is 9.06. The summed E-state index contributed by atoms with van der Waals surface area (Å²) in [5, 5.41) is 0. The van der Waals surface area contributed by atoms with Gasteiger partial charge in [-0.2, -0.15) is 70.2 Å². The Morgan fingerprint density at radius 3 is 0.639 bits per heavy atom. The summed E-state index contributed by atoms with van der Waals surface area (Å²) >= 11 is 0. The molecule has 0 aromatic carbocycles. The summed E-state index contributed by atoms with van der Waals surface area (Å²) in [7, 11) is 0. The zero-order valence-electron chi connectivity index (χ0n) is 16.3. The van der Waals surface area contributed by atoms with Crippen LogP contribution in [-0.2, 0) is 18.9 Å². The van der Waals surface area contributed by atoms with Crippen molar-refractivity contribution in [3.05, 3.63) is 0 Å². The largest absolute Gasteiger partial charge is 0.508 e. The zero-order chi connectivity index (χ0) is 28.8. The molecule has 1 fully saturated rings. The van der Waals surface area contributed by atoms with Gasteiger partial charge in [-0.3, -0.25) is 0 Å². The van der Waals surface area contributed by atoms with E-state index in [1.54, 1.807) is 0 Å². The van der Waals surface area contributed by atoms with Crippen molar-refractivity contribution >= 4 is 12.3 Å². The van der Waals surface area contributed by atoms with Crippen LogP contribution < -0.4 is 0 Å². The molecule has 0 aromatic rings. The van der Waals surface area contributed by atoms with Gasteiger partial charge in [0, 0.05) is 0 Å². The van der Waals surface area contributed by atoms with Crippen LogP contribution in [0.4, 0.5) is 79.8 Å². The number of carbonyl (C=O) groups excluding carboxylic acids is 2. The highest BCUT2D eigenvalue weighted by molar-refractivity contribution is 5.60. The highest BCUT2D eigenvalue weighted by Gasteiger charge is 2.82. The minimum atomic E-state index is -7.21. The first-order valence-corrected chi connectivity index (χ1v) is 8.32. The second-order valence-corrected chi connectivity index (χ2v) is 6.77. The average Bonchev–Trinajstić information content (AvgIpc) is 2.72. The standard InChI is InChI=1S/C14H8F16O6/c15-7(16)1-33-5(31)34-2-9(19,20)13(27,28)14(29,30)10(21,22)4-36-6(32)35-3-8(17,18)12(25,26)11(7,23)24/h1-4H2. The molecule has 0 aliphatic carbocycles. The predicted octanol–water partition coefficient (Wildman–Crippen LogP) is 5.39. The molecular formula is C14H8F16O6. The van der Waals surface area contributed by atoms with E-state index in [0.29, 0.717) is 0 Å². The first-order chi connectivity index (χ1) is 15.7. The van der Waals surface area contributed by atoms with E-state index in [0.717, 1.165) is 0 Å². The summed E-state index contributed by atoms with van der Waals surface area (Å²) in [6.45, 7) is -13.5. The van der Waals surface area contributed by atoms with E-state index < -0.39 is 86.1 Å². The summed E-state index contributed by atoms with van der Waals surface area (Å²) in [6.07, 6.45) is -6.27. The Kier molecular flexibility index (Phi) is 7.92. The lowest BCUT2D eigenvalue weighted by atomic mass is 9.99. The molecule has 0 radical (unpaired) electrons. The van der Waals surface area contributed by atoms with Crippen molar-refractivity contribution in [2.45, 2.75) is 47.4 Å². The molecule has 0 saturated carbocycles. The number of rotatable bonds is 0. The maximum absolute atomic E-state index is 13.5. The van der Waals surface area contributed by atoms with Crippen LogP contribution in [0.5, 0.6) is 0 Å². The molecule has 1 rings (SSSR count). The summed E-state index contributed by atoms with van der Waals surface area (Å²) in [6, 6.07) is 0. The highest BCUT2D eigenvalue weighted by Crippen LogP contribution is 2.54. The monoisotopic (exact) mass is 576 g/mol. The van der Waals surface area contributed by atoms with Crippen LogP contribution in [0.3, 0.4) is 0 Å². The zero-order valence-corrected chi connectivity index (χ0v) is 16.3. The molecule has 1 heterocycles. The van der Waals surface area contributed by atoms with E-state index in [-0.39, 0.29) is 0 Å². The molecule has 212 valence electrons. The molecule has 0 bridgehead atoms. The summed E-state index contributed by atoms with van der Waals surface area (Å²) < 4.78 is 228. The van der Waals surface area contributed by atoms with Gasteiger partial charge in [-0.1, -0.05) is 0 Å². The van der Waals surface area contributed by atoms with Gasteiger partial charge >= 0.3 is 59.7 Å². The van der Waals surface area contributed by atoms with Crippen LogP contribution >= 0.6 is 0 Å². The molecule has 0 amide bonds. The normalized spacial score (nSPS) is 29.2. The van der Waals surface area contributed by atoms with Crippen molar-refractivity contribution < 1.29 is 98.8 Å². The number of hydrogen-bond donors (Lipinski definition) is 0. The summed E-state index contributed by atoms with van der Waals surface area (Å²) in [4.78, 5) is 21.9. The quantitative estimate of drug-likeness (QED) is 0.285. The molecule has 1 saturated heterocycles. The Morgan fingerprint density at radius 2 is 0.500 bits per heavy atom. The third kappa shape index (κ3) is 5.11. The maximum atomic E-state index is 13.5. The van der Waals surface area contributed by atoms with E-state index in [1.165, 1.54) is 0 Å². The third-order valence-corrected chi connectivity index (χ3v) is 4.11. The van der Waals surface area contributed by atoms with Gasteiger partial charge < -0.3 is 18.9 Å². The van der Waals surface area contributed by atoms with E-state index >= 15 is 0 Å². The molecule has 0 unspecified atom stereocenters. The number of alkyl halides is 16. The molecule has 1 aliphatic rings. The molecular weight excluding hydrogens is 568 g/mol. The first kappa shape index (κ1) is 31.4. The van der Waals surface area contributed by atoms with Crippen molar-refractivity contribution in [2.24, 2.45) is 0 Å². The Balaban J connectivity index is 3.48. The van der Waals surface area contributed by atoms with Gasteiger partial charge in [-0.05, 0) is 0 Å². The van der Waals surface area contributed by atoms with E-state index in [9.17, 15) is 79.8 Å². The Morgan fingerprint density at radius 1 is 0.361 bits per heavy atom. The molecule has 0 N–H and O–H groups in total. The molecule has 0 spiro atoms. The maximum Gasteiger partial charge on any atom is 0.508 e. The fourth-order valence-electron chi connectivity index (χ4n) is 1.96. The molecule has 0 aromatic heterocycles. The van der Waals surface area contributed by atoms with Crippen LogP contribution in [-0.4, -0.2) is 86.1 Å². The number of halogens is 16. The number of cyclic esters (lactones) is 4. The molecule has 6 nitrogen and oxygen atoms in total. The van der Waals surface area contributed by atoms with Gasteiger partial charge in [0.2, 0.25) is 0 Å². The Hall–Kier alpha value is -2.58. The van der Waals surface area contributed by atoms with E-state index in [1.807, 2.05) is 0 Å². The van der Waals surface area contributed by atoms with Crippen molar-refractivity contribution in [2.75, 3.05) is 26.4 Å². The number of hydrogen-bond acceptors (Lipinski definition) is 6. The number of carbonyl (C=O) groups is 2. The third-order valence-electron chi connectivity index (χ3n) is 4.11. The smallest absolute Gasteiger partial charge is 0.428 e. The lowest BCUT2D eigenvalue weighted by Gasteiger charge is -2.37. The SMILES string of the molecule is O=C1OCC(F)(F)C(F)(F)C(F)(F)C(F)(F)COC(=O)OCC(F)(F)C(F)(F)C(F)(F)C(F)(F)CO1. The fraction of sp³-hybridized carbons (Fsp3) is 0.857. The first-order valence-electron chi connectivity index (χ1n) is 8.32. The molecule has 0 atom stereocenters. The summed E-state index contributed by atoms with van der Waals surface area (Å²) in [5.41, 5.74) is 0. The minimum absolute atomic E-state index is 2.98. The number of ether oxygens (including phenoxy) is 4. The molecule has 22 heteroatoms. The molecule has 1 aliphatic heterocycles. The highest BCUT2D eigenvalue weighted by atomic mass is 19.4. The topological polar surface area (TPSA) is 71.1 Å². The van der Waals surface area contributed by atoms with Gasteiger partial charge in [-0.15, -0.1) is 0 Å². The average molecular weight is 576 g/mol. The summed E-state index contributed by atoms with van der Waals surface area (Å²) in [5.74, 6) is -54.9. The van der Waals surface area contributed by atoms with Gasteiger partial charge in [0.25, 0.3) is 0 Å². The van der Waals surface area contributed by atoms with E-state index in [4.69, 9.17) is 0 Å². The molecule has 36 heavy (non-hydrogen) atoms. The second-order valence-electron chi connectivity index (χ2n) is 6.77. The van der Waals surface area contributed by atoms with Crippen LogP contribution in [0.2, 0.25) is 0 Å². The van der Waals surface area contributed by atoms with Crippen LogP contribution in [0.1, 0.15) is 0 Å². The lowest BCUT2D eigenvalue weighted by molar-refractivity contribution is -0.378. The lowest BCUT2D eigenvalue weighted by Crippen LogP contribution is -2.65. The fourth-order valence-corrected chi connectivity index (χ4v) is 1.96. The van der Waals surface area contributed by atoms with Crippen molar-refractivity contribution in [3.63, 3.8) is 0 Å². The van der Waals surface area contributed by atoms with Crippen LogP contribution in [0.15, 0.2) is 0 Å². The van der Waals surface area contributed by atoms with Gasteiger partial charge in [0.15, 0.2) is 26.4 Å². The Bertz CT molecular complexity index is 709. The van der Waals surface area contributed by atoms with Gasteiger partial charge in [-0.25, -0.2) is 9.59 Å². The van der Waals surface area contributed by atoms with Gasteiger partial charge in [0.05, 0.1) is 0 Å². The van der Waals surface area contributed by atoms with Crippen molar-refractivity contribution in [1.29, 1.82) is 0 Å². The van der Waals surface area contributed by atoms with Crippen LogP contribution in [0, 0.1) is 0 Å². The van der Waals surface area contributed by atoms with Crippen molar-refractivity contribution in [1.82, 2.24) is 0 Å². The predicted molar refractivity (Wildman–Crippen MR) is 74.2 cm³/mol. The van der Waals surface area contributed by atoms with Gasteiger partial charge in [0.1, 0.15) is 0 Å².